The highest BCUT2D eigenvalue weighted by Gasteiger charge is 2.05. The molecule has 0 aromatic carbocycles. The summed E-state index contributed by atoms with van der Waals surface area (Å²) in [4.78, 5) is 11.1. The molecule has 0 saturated carbocycles. The van der Waals surface area contributed by atoms with Gasteiger partial charge in [0.25, 0.3) is 0 Å². The molecule has 0 saturated heterocycles. The van der Waals surface area contributed by atoms with E-state index in [9.17, 15) is 4.79 Å². The molecule has 0 bridgehead atoms. The zero-order valence-electron chi connectivity index (χ0n) is 7.60. The van der Waals surface area contributed by atoms with Crippen molar-refractivity contribution in [1.29, 1.82) is 0 Å². The molecule has 0 spiro atoms. The van der Waals surface area contributed by atoms with Gasteiger partial charge in [0, 0.05) is 12.8 Å². The molecular weight excluding hydrogens is 136 g/mol. The zero-order valence-corrected chi connectivity index (χ0v) is 7.60. The molecular formula is C10H18O. The van der Waals surface area contributed by atoms with E-state index in [-0.39, 0.29) is 0 Å². The van der Waals surface area contributed by atoms with Crippen molar-refractivity contribution in [3.05, 3.63) is 12.7 Å². The quantitative estimate of drug-likeness (QED) is 0.537. The Morgan fingerprint density at radius 3 is 2.73 bits per heavy atom. The molecule has 0 rings (SSSR count). The van der Waals surface area contributed by atoms with Crippen LogP contribution in [0.1, 0.15) is 39.5 Å². The van der Waals surface area contributed by atoms with Gasteiger partial charge in [-0.3, -0.25) is 4.79 Å². The first-order chi connectivity index (χ1) is 5.20. The molecule has 0 aliphatic carbocycles. The van der Waals surface area contributed by atoms with Gasteiger partial charge in [0.15, 0.2) is 0 Å². The molecule has 0 amide bonds. The fourth-order valence-electron chi connectivity index (χ4n) is 1.23. The topological polar surface area (TPSA) is 17.1 Å². The first-order valence-corrected chi connectivity index (χ1v) is 4.33. The summed E-state index contributed by atoms with van der Waals surface area (Å²) in [5.74, 6) is 0.869. The predicted octanol–water partition coefficient (Wildman–Crippen LogP) is 2.96. The van der Waals surface area contributed by atoms with Gasteiger partial charge in [-0.2, -0.15) is 0 Å². The van der Waals surface area contributed by atoms with Crippen LogP contribution in [-0.4, -0.2) is 5.78 Å². The molecule has 64 valence electrons. The maximum atomic E-state index is 11.1. The molecule has 0 aromatic rings. The second kappa shape index (κ2) is 6.14. The van der Waals surface area contributed by atoms with Gasteiger partial charge in [-0.1, -0.05) is 32.8 Å². The van der Waals surface area contributed by atoms with Crippen molar-refractivity contribution < 1.29 is 4.79 Å². The van der Waals surface area contributed by atoms with E-state index in [2.05, 4.69) is 20.4 Å². The van der Waals surface area contributed by atoms with Gasteiger partial charge in [-0.05, 0) is 5.92 Å². The van der Waals surface area contributed by atoms with Crippen molar-refractivity contribution in [3.63, 3.8) is 0 Å². The van der Waals surface area contributed by atoms with Crippen molar-refractivity contribution in [2.45, 2.75) is 39.5 Å². The van der Waals surface area contributed by atoms with Gasteiger partial charge in [0.2, 0.25) is 0 Å². The second-order valence-corrected chi connectivity index (χ2v) is 3.13. The van der Waals surface area contributed by atoms with Crippen molar-refractivity contribution in [2.75, 3.05) is 0 Å². The van der Waals surface area contributed by atoms with Gasteiger partial charge >= 0.3 is 0 Å². The van der Waals surface area contributed by atoms with Crippen LogP contribution in [0.3, 0.4) is 0 Å². The highest BCUT2D eigenvalue weighted by atomic mass is 16.1. The number of ketones is 1. The van der Waals surface area contributed by atoms with E-state index in [0.717, 1.165) is 12.8 Å². The van der Waals surface area contributed by atoms with Crippen LogP contribution in [0, 0.1) is 5.92 Å². The highest BCUT2D eigenvalue weighted by molar-refractivity contribution is 5.79. The van der Waals surface area contributed by atoms with Crippen LogP contribution in [0.2, 0.25) is 0 Å². The van der Waals surface area contributed by atoms with Crippen LogP contribution < -0.4 is 0 Å². The first kappa shape index (κ1) is 10.4. The first-order valence-electron chi connectivity index (χ1n) is 4.33. The third-order valence-electron chi connectivity index (χ3n) is 1.73. The summed E-state index contributed by atoms with van der Waals surface area (Å²) in [5.41, 5.74) is 0. The Balaban J connectivity index is 3.48. The molecule has 0 N–H and O–H groups in total. The Hall–Kier alpha value is -0.590. The fraction of sp³-hybridized carbons (Fsp3) is 0.700. The minimum Gasteiger partial charge on any atom is -0.299 e. The standard InChI is InChI=1S/C10H18O/c1-4-6-9(3)8-10(11)7-5-2/h5,9H,2,4,6-8H2,1,3H3. The molecule has 0 aromatic heterocycles. The lowest BCUT2D eigenvalue weighted by Gasteiger charge is -2.06. The van der Waals surface area contributed by atoms with Gasteiger partial charge < -0.3 is 0 Å². The number of carbonyl (C=O) groups excluding carboxylic acids is 1. The SMILES string of the molecule is C=CCC(=O)CC(C)CCC. The summed E-state index contributed by atoms with van der Waals surface area (Å²) in [6.07, 6.45) is 5.26. The fourth-order valence-corrected chi connectivity index (χ4v) is 1.23. The van der Waals surface area contributed by atoms with Crippen molar-refractivity contribution in [2.24, 2.45) is 5.92 Å². The molecule has 1 atom stereocenters. The summed E-state index contributed by atoms with van der Waals surface area (Å²) < 4.78 is 0. The molecule has 0 aliphatic rings. The molecule has 1 unspecified atom stereocenters. The lowest BCUT2D eigenvalue weighted by molar-refractivity contribution is -0.119. The van der Waals surface area contributed by atoms with Crippen LogP contribution in [0.5, 0.6) is 0 Å². The predicted molar refractivity (Wildman–Crippen MR) is 48.5 cm³/mol. The van der Waals surface area contributed by atoms with E-state index in [4.69, 9.17) is 0 Å². The maximum Gasteiger partial charge on any atom is 0.136 e. The second-order valence-electron chi connectivity index (χ2n) is 3.13. The average molecular weight is 154 g/mol. The third-order valence-corrected chi connectivity index (χ3v) is 1.73. The minimum absolute atomic E-state index is 0.320. The molecule has 0 fully saturated rings. The largest absolute Gasteiger partial charge is 0.299 e. The normalized spacial score (nSPS) is 12.5. The molecule has 0 radical (unpaired) electrons. The van der Waals surface area contributed by atoms with E-state index in [1.54, 1.807) is 6.08 Å². The van der Waals surface area contributed by atoms with Gasteiger partial charge in [-0.15, -0.1) is 6.58 Å². The van der Waals surface area contributed by atoms with E-state index >= 15 is 0 Å². The molecule has 1 heteroatoms. The van der Waals surface area contributed by atoms with E-state index in [1.165, 1.54) is 6.42 Å². The smallest absolute Gasteiger partial charge is 0.136 e. The van der Waals surface area contributed by atoms with E-state index < -0.39 is 0 Å². The Morgan fingerprint density at radius 1 is 1.64 bits per heavy atom. The van der Waals surface area contributed by atoms with Gasteiger partial charge in [-0.25, -0.2) is 0 Å². The Morgan fingerprint density at radius 2 is 2.27 bits per heavy atom. The van der Waals surface area contributed by atoms with Crippen LogP contribution in [0.4, 0.5) is 0 Å². The Labute approximate surface area is 69.5 Å². The van der Waals surface area contributed by atoms with Gasteiger partial charge in [0.1, 0.15) is 5.78 Å². The van der Waals surface area contributed by atoms with Crippen LogP contribution in [0.25, 0.3) is 0 Å². The summed E-state index contributed by atoms with van der Waals surface area (Å²) in [5, 5.41) is 0. The van der Waals surface area contributed by atoms with Crippen LogP contribution in [0.15, 0.2) is 12.7 Å². The number of carbonyl (C=O) groups is 1. The summed E-state index contributed by atoms with van der Waals surface area (Å²) in [7, 11) is 0. The molecule has 0 aliphatic heterocycles. The Kier molecular flexibility index (Phi) is 5.81. The van der Waals surface area contributed by atoms with Crippen molar-refractivity contribution in [1.82, 2.24) is 0 Å². The van der Waals surface area contributed by atoms with Crippen molar-refractivity contribution >= 4 is 5.78 Å². The lowest BCUT2D eigenvalue weighted by atomic mass is 9.98. The third kappa shape index (κ3) is 5.84. The number of hydrogen-bond acceptors (Lipinski definition) is 1. The van der Waals surface area contributed by atoms with Crippen LogP contribution >= 0.6 is 0 Å². The summed E-state index contributed by atoms with van der Waals surface area (Å²) in [6.45, 7) is 7.81. The maximum absolute atomic E-state index is 11.1. The van der Waals surface area contributed by atoms with E-state index in [0.29, 0.717) is 18.1 Å². The van der Waals surface area contributed by atoms with Crippen molar-refractivity contribution in [3.8, 4) is 0 Å². The Bertz CT molecular complexity index is 127. The highest BCUT2D eigenvalue weighted by Crippen LogP contribution is 2.11. The monoisotopic (exact) mass is 154 g/mol. The molecule has 1 nitrogen and oxygen atoms in total. The zero-order chi connectivity index (χ0) is 8.69. The average Bonchev–Trinajstić information content (AvgIpc) is 1.87. The summed E-state index contributed by atoms with van der Waals surface area (Å²) in [6, 6.07) is 0. The number of hydrogen-bond donors (Lipinski definition) is 0. The van der Waals surface area contributed by atoms with E-state index in [1.807, 2.05) is 0 Å². The summed E-state index contributed by atoms with van der Waals surface area (Å²) >= 11 is 0. The number of allylic oxidation sites excluding steroid dienone is 1. The van der Waals surface area contributed by atoms with Gasteiger partial charge in [0.05, 0.1) is 0 Å². The lowest BCUT2D eigenvalue weighted by Crippen LogP contribution is -2.03. The molecule has 0 heterocycles. The minimum atomic E-state index is 0.320. The number of rotatable bonds is 6. The molecule has 11 heavy (non-hydrogen) atoms. The number of Topliss-reactive ketones (excluding diaryl/α,β-unsaturated/α-hetero) is 1. The van der Waals surface area contributed by atoms with Crippen LogP contribution in [-0.2, 0) is 4.79 Å².